The third-order valence-corrected chi connectivity index (χ3v) is 5.50. The largest absolute Gasteiger partial charge is 0.486 e. The molecule has 0 bridgehead atoms. The summed E-state index contributed by atoms with van der Waals surface area (Å²) in [6.07, 6.45) is -2.15. The van der Waals surface area contributed by atoms with Gasteiger partial charge < -0.3 is 14.3 Å². The normalized spacial score (nSPS) is 13.0. The number of hydrogen-bond acceptors (Lipinski definition) is 4. The minimum Gasteiger partial charge on any atom is -0.486 e. The number of H-pyrrole nitrogens is 1. The molecular weight excluding hydrogens is 435 g/mol. The van der Waals surface area contributed by atoms with Gasteiger partial charge in [0.15, 0.2) is 16.4 Å². The molecule has 1 aromatic carbocycles. The maximum absolute atomic E-state index is 13.3. The predicted molar refractivity (Wildman–Crippen MR) is 98.6 cm³/mol. The Morgan fingerprint density at radius 2 is 1.77 bits per heavy atom. The van der Waals surface area contributed by atoms with Crippen LogP contribution in [0.15, 0.2) is 46.3 Å². The van der Waals surface area contributed by atoms with E-state index in [0.717, 1.165) is 24.5 Å². The molecule has 162 valence electrons. The Bertz CT molecular complexity index is 1280. The molecule has 12 heteroatoms. The summed E-state index contributed by atoms with van der Waals surface area (Å²) in [5.74, 6) is -5.51. The number of pyridine rings is 1. The monoisotopic (exact) mass is 450 g/mol. The minimum absolute atomic E-state index is 0.0490. The van der Waals surface area contributed by atoms with Crippen LogP contribution < -0.4 is 10.3 Å². The van der Waals surface area contributed by atoms with Gasteiger partial charge in [-0.2, -0.15) is 22.0 Å². The van der Waals surface area contributed by atoms with Crippen LogP contribution in [0.2, 0.25) is 0 Å². The molecule has 0 spiro atoms. The number of sulfone groups is 1. The van der Waals surface area contributed by atoms with E-state index in [9.17, 15) is 35.2 Å². The molecule has 3 rings (SSSR count). The van der Waals surface area contributed by atoms with Crippen LogP contribution in [0, 0.1) is 0 Å². The van der Waals surface area contributed by atoms with Crippen LogP contribution in [0.3, 0.4) is 0 Å². The van der Waals surface area contributed by atoms with Gasteiger partial charge in [0.2, 0.25) is 0 Å². The highest BCUT2D eigenvalue weighted by atomic mass is 32.2. The van der Waals surface area contributed by atoms with Gasteiger partial charge in [-0.1, -0.05) is 0 Å². The third-order valence-electron chi connectivity index (χ3n) is 4.39. The number of aromatic amines is 1. The second kappa shape index (κ2) is 7.11. The fourth-order valence-electron chi connectivity index (χ4n) is 2.91. The zero-order chi connectivity index (χ0) is 22.5. The Morgan fingerprint density at radius 1 is 1.10 bits per heavy atom. The predicted octanol–water partition coefficient (Wildman–Crippen LogP) is 3.51. The quantitative estimate of drug-likeness (QED) is 0.604. The Labute approximate surface area is 166 Å². The number of benzene rings is 1. The van der Waals surface area contributed by atoms with Crippen molar-refractivity contribution in [2.24, 2.45) is 7.05 Å². The van der Waals surface area contributed by atoms with Gasteiger partial charge in [-0.15, -0.1) is 0 Å². The molecular formula is C18H15F5N2O4S. The van der Waals surface area contributed by atoms with Gasteiger partial charge >= 0.3 is 12.1 Å². The van der Waals surface area contributed by atoms with Crippen LogP contribution in [-0.4, -0.2) is 42.9 Å². The molecule has 0 aliphatic carbocycles. The average molecular weight is 450 g/mol. The zero-order valence-electron chi connectivity index (χ0n) is 15.5. The third kappa shape index (κ3) is 3.91. The smallest absolute Gasteiger partial charge is 0.456 e. The van der Waals surface area contributed by atoms with Crippen molar-refractivity contribution in [1.29, 1.82) is 0 Å². The number of alkyl halides is 5. The Morgan fingerprint density at radius 3 is 2.37 bits per heavy atom. The Hall–Kier alpha value is -2.89. The van der Waals surface area contributed by atoms with Gasteiger partial charge in [-0.25, -0.2) is 8.42 Å². The number of aryl methyl sites for hydroxylation is 1. The van der Waals surface area contributed by atoms with Gasteiger partial charge in [0.25, 0.3) is 5.56 Å². The van der Waals surface area contributed by atoms with E-state index in [2.05, 4.69) is 4.98 Å². The number of hydrogen-bond donors (Lipinski definition) is 1. The van der Waals surface area contributed by atoms with Crippen molar-refractivity contribution >= 4 is 20.7 Å². The molecule has 1 N–H and O–H groups in total. The molecule has 6 nitrogen and oxygen atoms in total. The van der Waals surface area contributed by atoms with E-state index in [4.69, 9.17) is 4.74 Å². The first-order chi connectivity index (χ1) is 13.7. The first-order valence-electron chi connectivity index (χ1n) is 8.31. The van der Waals surface area contributed by atoms with Crippen molar-refractivity contribution in [3.63, 3.8) is 0 Å². The van der Waals surface area contributed by atoms with Gasteiger partial charge in [0, 0.05) is 42.2 Å². The standard InChI is InChI=1S/C18H15F5N2O4S/c1-25-8-13(11-5-6-24-16(26)15(11)25)12-7-10(30(2,27)28)3-4-14(12)29-9-17(19,20)18(21,22)23/h3-8H,9H2,1-2H3,(H,24,26). The van der Waals surface area contributed by atoms with E-state index in [1.807, 2.05) is 0 Å². The van der Waals surface area contributed by atoms with E-state index in [-0.39, 0.29) is 27.3 Å². The molecule has 0 saturated heterocycles. The maximum atomic E-state index is 13.3. The van der Waals surface area contributed by atoms with E-state index < -0.39 is 34.1 Å². The second-order valence-electron chi connectivity index (χ2n) is 6.64. The van der Waals surface area contributed by atoms with Crippen molar-refractivity contribution < 1.29 is 35.1 Å². The number of nitrogens with zero attached hydrogens (tertiary/aromatic N) is 1. The first-order valence-corrected chi connectivity index (χ1v) is 10.2. The van der Waals surface area contributed by atoms with E-state index >= 15 is 0 Å². The molecule has 30 heavy (non-hydrogen) atoms. The number of nitrogens with one attached hydrogen (secondary N) is 1. The fourth-order valence-corrected chi connectivity index (χ4v) is 3.55. The van der Waals surface area contributed by atoms with Crippen LogP contribution in [-0.2, 0) is 16.9 Å². The lowest BCUT2D eigenvalue weighted by molar-refractivity contribution is -0.289. The number of aromatic nitrogens is 2. The summed E-state index contributed by atoms with van der Waals surface area (Å²) in [7, 11) is -2.20. The van der Waals surface area contributed by atoms with Crippen LogP contribution in [0.4, 0.5) is 22.0 Å². The number of halogens is 5. The van der Waals surface area contributed by atoms with Crippen molar-refractivity contribution in [2.75, 3.05) is 12.9 Å². The van der Waals surface area contributed by atoms with Gasteiger partial charge in [-0.05, 0) is 24.3 Å². The van der Waals surface area contributed by atoms with Crippen molar-refractivity contribution in [2.45, 2.75) is 17.0 Å². The molecule has 0 aliphatic heterocycles. The van der Waals surface area contributed by atoms with E-state index in [1.54, 1.807) is 0 Å². The molecule has 2 aromatic heterocycles. The lowest BCUT2D eigenvalue weighted by atomic mass is 10.0. The SMILES string of the molecule is Cn1cc(-c2cc(S(C)(=O)=O)ccc2OCC(F)(F)C(F)(F)F)c2cc[nH]c(=O)c21. The molecule has 0 atom stereocenters. The first kappa shape index (κ1) is 21.8. The highest BCUT2D eigenvalue weighted by Gasteiger charge is 2.58. The van der Waals surface area contributed by atoms with Crippen LogP contribution >= 0.6 is 0 Å². The molecule has 0 aliphatic rings. The average Bonchev–Trinajstić information content (AvgIpc) is 2.96. The molecule has 0 unspecified atom stereocenters. The lowest BCUT2D eigenvalue weighted by Crippen LogP contribution is -2.41. The summed E-state index contributed by atoms with van der Waals surface area (Å²) >= 11 is 0. The Balaban J connectivity index is 2.20. The molecule has 3 aromatic rings. The van der Waals surface area contributed by atoms with Crippen molar-refractivity contribution in [3.05, 3.63) is 47.0 Å². The van der Waals surface area contributed by atoms with Crippen molar-refractivity contribution in [3.8, 4) is 16.9 Å². The van der Waals surface area contributed by atoms with Crippen LogP contribution in [0.5, 0.6) is 5.75 Å². The summed E-state index contributed by atoms with van der Waals surface area (Å²) in [6, 6.07) is 4.64. The van der Waals surface area contributed by atoms with E-state index in [0.29, 0.717) is 5.39 Å². The molecule has 0 amide bonds. The molecule has 2 heterocycles. The maximum Gasteiger partial charge on any atom is 0.456 e. The molecule has 0 fully saturated rings. The number of rotatable bonds is 5. The summed E-state index contributed by atoms with van der Waals surface area (Å²) < 4.78 is 94.2. The topological polar surface area (TPSA) is 81.2 Å². The second-order valence-corrected chi connectivity index (χ2v) is 8.66. The van der Waals surface area contributed by atoms with Gasteiger partial charge in [0.1, 0.15) is 11.3 Å². The number of fused-ring (bicyclic) bond motifs is 1. The summed E-state index contributed by atoms with van der Waals surface area (Å²) in [4.78, 5) is 14.4. The fraction of sp³-hybridized carbons (Fsp3) is 0.278. The number of ether oxygens (including phenoxy) is 1. The van der Waals surface area contributed by atoms with E-state index in [1.165, 1.54) is 30.1 Å². The minimum atomic E-state index is -5.81. The van der Waals surface area contributed by atoms with Crippen LogP contribution in [0.1, 0.15) is 0 Å². The highest BCUT2D eigenvalue weighted by molar-refractivity contribution is 7.90. The van der Waals surface area contributed by atoms with Gasteiger partial charge in [0.05, 0.1) is 4.90 Å². The molecule has 0 radical (unpaired) electrons. The lowest BCUT2D eigenvalue weighted by Gasteiger charge is -2.21. The Kier molecular flexibility index (Phi) is 5.17. The van der Waals surface area contributed by atoms with Crippen LogP contribution in [0.25, 0.3) is 22.0 Å². The summed E-state index contributed by atoms with van der Waals surface area (Å²) in [6.45, 7) is -1.99. The molecule has 0 saturated carbocycles. The van der Waals surface area contributed by atoms with Gasteiger partial charge in [-0.3, -0.25) is 4.79 Å². The zero-order valence-corrected chi connectivity index (χ0v) is 16.4. The highest BCUT2D eigenvalue weighted by Crippen LogP contribution is 2.40. The summed E-state index contributed by atoms with van der Waals surface area (Å²) in [5, 5.41) is 0.333. The summed E-state index contributed by atoms with van der Waals surface area (Å²) in [5.41, 5.74) is -0.0862. The van der Waals surface area contributed by atoms with Crippen molar-refractivity contribution in [1.82, 2.24) is 9.55 Å².